The number of anilines is 1. The van der Waals surface area contributed by atoms with Crippen molar-refractivity contribution >= 4 is 16.7 Å². The molecule has 0 aliphatic rings. The van der Waals surface area contributed by atoms with E-state index in [4.69, 9.17) is 0 Å². The molecule has 0 aliphatic heterocycles. The Kier molecular flexibility index (Phi) is 4.04. The number of benzene rings is 1. The van der Waals surface area contributed by atoms with Crippen LogP contribution in [0.15, 0.2) is 27.8 Å². The summed E-state index contributed by atoms with van der Waals surface area (Å²) in [6.07, 6.45) is 3.29. The Morgan fingerprint density at radius 3 is 2.42 bits per heavy atom. The van der Waals surface area contributed by atoms with Gasteiger partial charge in [-0.05, 0) is 31.0 Å². The Labute approximate surface area is 111 Å². The maximum absolute atomic E-state index is 11.3. The summed E-state index contributed by atoms with van der Waals surface area (Å²) in [5.41, 5.74) is 0.992. The van der Waals surface area contributed by atoms with E-state index in [2.05, 4.69) is 29.1 Å². The molecule has 19 heavy (non-hydrogen) atoms. The van der Waals surface area contributed by atoms with E-state index in [0.717, 1.165) is 24.9 Å². The van der Waals surface area contributed by atoms with E-state index in [1.807, 2.05) is 12.1 Å². The Balaban J connectivity index is 2.33. The van der Waals surface area contributed by atoms with Crippen LogP contribution in [0, 0.1) is 0 Å². The van der Waals surface area contributed by atoms with Gasteiger partial charge in [-0.1, -0.05) is 20.3 Å². The maximum Gasteiger partial charge on any atom is 0.314 e. The molecule has 1 unspecified atom stereocenters. The first-order valence-electron chi connectivity index (χ1n) is 6.67. The molecule has 0 bridgehead atoms. The molecule has 0 saturated heterocycles. The van der Waals surface area contributed by atoms with E-state index < -0.39 is 11.1 Å². The van der Waals surface area contributed by atoms with Crippen molar-refractivity contribution in [1.29, 1.82) is 0 Å². The largest absolute Gasteiger partial charge is 0.382 e. The van der Waals surface area contributed by atoms with Gasteiger partial charge >= 0.3 is 11.1 Å². The van der Waals surface area contributed by atoms with Gasteiger partial charge < -0.3 is 15.3 Å². The van der Waals surface area contributed by atoms with Crippen LogP contribution in [0.4, 0.5) is 5.69 Å². The first-order chi connectivity index (χ1) is 9.13. The van der Waals surface area contributed by atoms with Crippen molar-refractivity contribution in [3.63, 3.8) is 0 Å². The SMILES string of the molecule is CCCC(CC)Nc1ccc2[nH]c(=O)c(=O)[nH]c2c1. The fraction of sp³-hybridized carbons (Fsp3) is 0.429. The van der Waals surface area contributed by atoms with Crippen LogP contribution >= 0.6 is 0 Å². The summed E-state index contributed by atoms with van der Waals surface area (Å²) in [7, 11) is 0. The zero-order valence-corrected chi connectivity index (χ0v) is 11.2. The lowest BCUT2D eigenvalue weighted by molar-refractivity contribution is 0.623. The molecule has 0 aliphatic carbocycles. The minimum Gasteiger partial charge on any atom is -0.382 e. The quantitative estimate of drug-likeness (QED) is 0.722. The molecule has 5 heteroatoms. The van der Waals surface area contributed by atoms with Gasteiger partial charge in [-0.2, -0.15) is 0 Å². The average molecular weight is 261 g/mol. The molecule has 5 nitrogen and oxygen atoms in total. The summed E-state index contributed by atoms with van der Waals surface area (Å²) in [5, 5.41) is 3.44. The molecule has 1 aromatic carbocycles. The second-order valence-electron chi connectivity index (χ2n) is 4.71. The summed E-state index contributed by atoms with van der Waals surface area (Å²) >= 11 is 0. The highest BCUT2D eigenvalue weighted by Gasteiger charge is 2.06. The van der Waals surface area contributed by atoms with Crippen LogP contribution in [0.2, 0.25) is 0 Å². The molecule has 0 fully saturated rings. The number of aromatic nitrogens is 2. The van der Waals surface area contributed by atoms with Crippen molar-refractivity contribution in [2.75, 3.05) is 5.32 Å². The second-order valence-corrected chi connectivity index (χ2v) is 4.71. The number of rotatable bonds is 5. The molecule has 1 aromatic heterocycles. The number of hydrogen-bond donors (Lipinski definition) is 3. The fourth-order valence-corrected chi connectivity index (χ4v) is 2.17. The normalized spacial score (nSPS) is 12.5. The third-order valence-electron chi connectivity index (χ3n) is 3.22. The van der Waals surface area contributed by atoms with Crippen LogP contribution in [0.25, 0.3) is 11.0 Å². The summed E-state index contributed by atoms with van der Waals surface area (Å²) in [5.74, 6) is 0. The monoisotopic (exact) mass is 261 g/mol. The molecule has 0 saturated carbocycles. The Bertz CT molecular complexity index is 672. The minimum atomic E-state index is -0.620. The lowest BCUT2D eigenvalue weighted by Crippen LogP contribution is -2.29. The lowest BCUT2D eigenvalue weighted by Gasteiger charge is -2.17. The van der Waals surface area contributed by atoms with E-state index in [-0.39, 0.29) is 0 Å². The number of H-pyrrole nitrogens is 2. The molecule has 1 atom stereocenters. The van der Waals surface area contributed by atoms with Crippen LogP contribution in [-0.2, 0) is 0 Å². The first kappa shape index (κ1) is 13.4. The molecular formula is C14H19N3O2. The maximum atomic E-state index is 11.3. The van der Waals surface area contributed by atoms with E-state index >= 15 is 0 Å². The molecule has 2 rings (SSSR count). The van der Waals surface area contributed by atoms with E-state index in [1.165, 1.54) is 0 Å². The van der Waals surface area contributed by atoms with Gasteiger partial charge in [-0.25, -0.2) is 0 Å². The Morgan fingerprint density at radius 1 is 1.11 bits per heavy atom. The minimum absolute atomic E-state index is 0.428. The fourth-order valence-electron chi connectivity index (χ4n) is 2.17. The lowest BCUT2D eigenvalue weighted by atomic mass is 10.1. The van der Waals surface area contributed by atoms with Crippen molar-refractivity contribution in [1.82, 2.24) is 9.97 Å². The predicted molar refractivity (Wildman–Crippen MR) is 77.8 cm³/mol. The van der Waals surface area contributed by atoms with Crippen LogP contribution in [0.5, 0.6) is 0 Å². The summed E-state index contributed by atoms with van der Waals surface area (Å²) in [6, 6.07) is 5.99. The molecule has 102 valence electrons. The average Bonchev–Trinajstić information content (AvgIpc) is 2.40. The smallest absolute Gasteiger partial charge is 0.314 e. The van der Waals surface area contributed by atoms with Gasteiger partial charge in [0, 0.05) is 11.7 Å². The molecule has 3 N–H and O–H groups in total. The van der Waals surface area contributed by atoms with E-state index in [9.17, 15) is 9.59 Å². The molecular weight excluding hydrogens is 242 g/mol. The Morgan fingerprint density at radius 2 is 1.79 bits per heavy atom. The number of hydrogen-bond acceptors (Lipinski definition) is 3. The van der Waals surface area contributed by atoms with E-state index in [0.29, 0.717) is 17.1 Å². The highest BCUT2D eigenvalue weighted by atomic mass is 16.2. The Hall–Kier alpha value is -2.04. The highest BCUT2D eigenvalue weighted by molar-refractivity contribution is 5.78. The van der Waals surface area contributed by atoms with Gasteiger partial charge in [0.15, 0.2) is 0 Å². The van der Waals surface area contributed by atoms with Crippen molar-refractivity contribution in [2.24, 2.45) is 0 Å². The van der Waals surface area contributed by atoms with Crippen LogP contribution in [-0.4, -0.2) is 16.0 Å². The van der Waals surface area contributed by atoms with Gasteiger partial charge in [-0.15, -0.1) is 0 Å². The van der Waals surface area contributed by atoms with Crippen LogP contribution in [0.1, 0.15) is 33.1 Å². The van der Waals surface area contributed by atoms with Gasteiger partial charge in [0.25, 0.3) is 0 Å². The van der Waals surface area contributed by atoms with Crippen LogP contribution < -0.4 is 16.4 Å². The van der Waals surface area contributed by atoms with E-state index in [1.54, 1.807) is 6.07 Å². The van der Waals surface area contributed by atoms with Crippen molar-refractivity contribution in [3.05, 3.63) is 38.9 Å². The van der Waals surface area contributed by atoms with Crippen molar-refractivity contribution in [3.8, 4) is 0 Å². The zero-order valence-electron chi connectivity index (χ0n) is 11.2. The van der Waals surface area contributed by atoms with Crippen molar-refractivity contribution < 1.29 is 0 Å². The van der Waals surface area contributed by atoms with Gasteiger partial charge in [-0.3, -0.25) is 9.59 Å². The third kappa shape index (κ3) is 3.05. The van der Waals surface area contributed by atoms with Gasteiger partial charge in [0.05, 0.1) is 11.0 Å². The second kappa shape index (κ2) is 5.73. The number of nitrogens with one attached hydrogen (secondary N) is 3. The summed E-state index contributed by atoms with van der Waals surface area (Å²) in [6.45, 7) is 4.31. The molecule has 0 radical (unpaired) electrons. The number of aromatic amines is 2. The van der Waals surface area contributed by atoms with Gasteiger partial charge in [0.2, 0.25) is 0 Å². The van der Waals surface area contributed by atoms with Gasteiger partial charge in [0.1, 0.15) is 0 Å². The molecule has 2 aromatic rings. The molecule has 1 heterocycles. The predicted octanol–water partition coefficient (Wildman–Crippen LogP) is 2.21. The third-order valence-corrected chi connectivity index (χ3v) is 3.22. The van der Waals surface area contributed by atoms with Crippen molar-refractivity contribution in [2.45, 2.75) is 39.2 Å². The first-order valence-corrected chi connectivity index (χ1v) is 6.67. The molecule has 0 amide bonds. The highest BCUT2D eigenvalue weighted by Crippen LogP contribution is 2.17. The summed E-state index contributed by atoms with van der Waals surface area (Å²) < 4.78 is 0. The topological polar surface area (TPSA) is 77.8 Å². The van der Waals surface area contributed by atoms with Crippen LogP contribution in [0.3, 0.4) is 0 Å². The summed E-state index contributed by atoms with van der Waals surface area (Å²) in [4.78, 5) is 27.7. The standard InChI is InChI=1S/C14H19N3O2/c1-3-5-9(4-2)15-10-6-7-11-12(8-10)17-14(19)13(18)16-11/h6-9,15H,3-5H2,1-2H3,(H,16,18)(H,17,19). The number of fused-ring (bicyclic) bond motifs is 1. The zero-order chi connectivity index (χ0) is 13.8. The molecule has 0 spiro atoms.